The van der Waals surface area contributed by atoms with E-state index in [-0.39, 0.29) is 5.91 Å². The van der Waals surface area contributed by atoms with Crippen molar-refractivity contribution in [3.05, 3.63) is 54.4 Å². The zero-order valence-electron chi connectivity index (χ0n) is 14.6. The van der Waals surface area contributed by atoms with E-state index in [0.29, 0.717) is 12.6 Å². The molecule has 6 nitrogen and oxygen atoms in total. The number of carbonyl (C=O) groups excluding carboxylic acids is 1. The third-order valence-electron chi connectivity index (χ3n) is 4.56. The van der Waals surface area contributed by atoms with Crippen LogP contribution in [0.4, 0.5) is 0 Å². The first-order valence-electron chi connectivity index (χ1n) is 9.03. The first kappa shape index (κ1) is 17.6. The van der Waals surface area contributed by atoms with Gasteiger partial charge in [-0.2, -0.15) is 5.10 Å². The number of nitrogens with one attached hydrogen (secondary N) is 2. The Morgan fingerprint density at radius 1 is 1.16 bits per heavy atom. The van der Waals surface area contributed by atoms with Crippen LogP contribution in [0, 0.1) is 0 Å². The van der Waals surface area contributed by atoms with Crippen LogP contribution in [0.5, 0.6) is 0 Å². The Balaban J connectivity index is 1.28. The molecular formula is C19H27N5O. The Morgan fingerprint density at radius 3 is 2.68 bits per heavy atom. The summed E-state index contributed by atoms with van der Waals surface area (Å²) >= 11 is 0. The van der Waals surface area contributed by atoms with Crippen molar-refractivity contribution in [2.75, 3.05) is 26.2 Å². The van der Waals surface area contributed by atoms with Crippen LogP contribution in [0.25, 0.3) is 0 Å². The first-order valence-corrected chi connectivity index (χ1v) is 9.03. The van der Waals surface area contributed by atoms with Gasteiger partial charge in [0.25, 0.3) is 0 Å². The average Bonchev–Trinajstić information content (AvgIpc) is 3.15. The Hall–Kier alpha value is -2.18. The molecule has 2 aromatic rings. The van der Waals surface area contributed by atoms with Gasteiger partial charge in [0.1, 0.15) is 0 Å². The summed E-state index contributed by atoms with van der Waals surface area (Å²) in [5.74, 6) is 0.0852. The van der Waals surface area contributed by atoms with E-state index in [1.165, 1.54) is 5.56 Å². The third-order valence-corrected chi connectivity index (χ3v) is 4.56. The molecule has 0 bridgehead atoms. The van der Waals surface area contributed by atoms with Gasteiger partial charge in [-0.15, -0.1) is 0 Å². The molecule has 25 heavy (non-hydrogen) atoms. The molecule has 2 N–H and O–H groups in total. The number of rotatable bonds is 8. The molecule has 0 atom stereocenters. The number of hydrogen-bond acceptors (Lipinski definition) is 4. The van der Waals surface area contributed by atoms with Crippen molar-refractivity contribution in [3.8, 4) is 0 Å². The highest BCUT2D eigenvalue weighted by Crippen LogP contribution is 2.13. The molecule has 6 heteroatoms. The molecule has 2 heterocycles. The summed E-state index contributed by atoms with van der Waals surface area (Å²) in [7, 11) is 0. The second-order valence-electron chi connectivity index (χ2n) is 6.55. The summed E-state index contributed by atoms with van der Waals surface area (Å²) in [4.78, 5) is 14.5. The predicted octanol–water partition coefficient (Wildman–Crippen LogP) is 1.25. The molecule has 134 valence electrons. The van der Waals surface area contributed by atoms with Gasteiger partial charge in [-0.05, 0) is 24.5 Å². The van der Waals surface area contributed by atoms with E-state index >= 15 is 0 Å². The van der Waals surface area contributed by atoms with E-state index in [2.05, 4.69) is 44.9 Å². The van der Waals surface area contributed by atoms with Crippen molar-refractivity contribution in [2.45, 2.75) is 32.0 Å². The van der Waals surface area contributed by atoms with Crippen molar-refractivity contribution in [2.24, 2.45) is 0 Å². The van der Waals surface area contributed by atoms with Gasteiger partial charge >= 0.3 is 0 Å². The fourth-order valence-electron chi connectivity index (χ4n) is 3.18. The fraction of sp³-hybridized carbons (Fsp3) is 0.474. The summed E-state index contributed by atoms with van der Waals surface area (Å²) in [6, 6.07) is 12.8. The third kappa shape index (κ3) is 5.99. The number of carbonyl (C=O) groups is 1. The Kier molecular flexibility index (Phi) is 6.59. The van der Waals surface area contributed by atoms with Crippen molar-refractivity contribution >= 4 is 5.91 Å². The average molecular weight is 341 g/mol. The standard InChI is InChI=1S/C19H27N5O/c25-19(15-20-10-14-24-11-4-9-21-24)22-18-7-12-23(13-8-18)16-17-5-2-1-3-6-17/h1-6,9,11,18,20H,7-8,10,12-16H2,(H,22,25). The number of nitrogens with zero attached hydrogens (tertiary/aromatic N) is 3. The summed E-state index contributed by atoms with van der Waals surface area (Å²) in [5, 5.41) is 10.5. The minimum Gasteiger partial charge on any atom is -0.352 e. The van der Waals surface area contributed by atoms with Crippen LogP contribution in [-0.4, -0.2) is 52.8 Å². The summed E-state index contributed by atoms with van der Waals surface area (Å²) < 4.78 is 1.85. The van der Waals surface area contributed by atoms with Gasteiger partial charge in [-0.3, -0.25) is 14.4 Å². The van der Waals surface area contributed by atoms with E-state index in [0.717, 1.165) is 45.6 Å². The quantitative estimate of drug-likeness (QED) is 0.710. The highest BCUT2D eigenvalue weighted by Gasteiger charge is 2.20. The van der Waals surface area contributed by atoms with Gasteiger partial charge in [0.2, 0.25) is 5.91 Å². The molecule has 1 fully saturated rings. The number of piperidine rings is 1. The van der Waals surface area contributed by atoms with E-state index in [1.807, 2.05) is 23.0 Å². The SMILES string of the molecule is O=C(CNCCn1cccn1)NC1CCN(Cc2ccccc2)CC1. The Morgan fingerprint density at radius 2 is 1.96 bits per heavy atom. The number of aromatic nitrogens is 2. The maximum atomic E-state index is 12.0. The predicted molar refractivity (Wildman–Crippen MR) is 98.0 cm³/mol. The van der Waals surface area contributed by atoms with Crippen LogP contribution < -0.4 is 10.6 Å². The number of hydrogen-bond donors (Lipinski definition) is 2. The lowest BCUT2D eigenvalue weighted by Gasteiger charge is -2.32. The second-order valence-corrected chi connectivity index (χ2v) is 6.55. The number of benzene rings is 1. The largest absolute Gasteiger partial charge is 0.352 e. The van der Waals surface area contributed by atoms with Gasteiger partial charge in [-0.25, -0.2) is 0 Å². The Labute approximate surface area is 149 Å². The zero-order valence-corrected chi connectivity index (χ0v) is 14.6. The van der Waals surface area contributed by atoms with E-state index < -0.39 is 0 Å². The highest BCUT2D eigenvalue weighted by molar-refractivity contribution is 5.78. The molecule has 0 unspecified atom stereocenters. The maximum absolute atomic E-state index is 12.0. The summed E-state index contributed by atoms with van der Waals surface area (Å²) in [6.07, 6.45) is 5.72. The molecule has 1 aromatic carbocycles. The van der Waals surface area contributed by atoms with Crippen molar-refractivity contribution in [3.63, 3.8) is 0 Å². The van der Waals surface area contributed by atoms with Gasteiger partial charge < -0.3 is 10.6 Å². The molecule has 0 radical (unpaired) electrons. The lowest BCUT2D eigenvalue weighted by Crippen LogP contribution is -2.46. The van der Waals surface area contributed by atoms with Crippen LogP contribution >= 0.6 is 0 Å². The fourth-order valence-corrected chi connectivity index (χ4v) is 3.18. The summed E-state index contributed by atoms with van der Waals surface area (Å²) in [6.45, 7) is 4.95. The number of likely N-dealkylation sites (tertiary alicyclic amines) is 1. The molecule has 0 aliphatic carbocycles. The topological polar surface area (TPSA) is 62.2 Å². The molecule has 1 aliphatic heterocycles. The molecule has 1 amide bonds. The first-order chi connectivity index (χ1) is 12.3. The molecule has 0 spiro atoms. The van der Waals surface area contributed by atoms with E-state index in [1.54, 1.807) is 6.20 Å². The lowest BCUT2D eigenvalue weighted by atomic mass is 10.0. The molecule has 0 saturated carbocycles. The van der Waals surface area contributed by atoms with Crippen LogP contribution in [0.1, 0.15) is 18.4 Å². The van der Waals surface area contributed by atoms with E-state index in [4.69, 9.17) is 0 Å². The second kappa shape index (κ2) is 9.34. The van der Waals surface area contributed by atoms with Crippen molar-refractivity contribution in [1.29, 1.82) is 0 Å². The molecule has 3 rings (SSSR count). The van der Waals surface area contributed by atoms with E-state index in [9.17, 15) is 4.79 Å². The maximum Gasteiger partial charge on any atom is 0.234 e. The van der Waals surface area contributed by atoms with Crippen LogP contribution in [-0.2, 0) is 17.9 Å². The van der Waals surface area contributed by atoms with Gasteiger partial charge in [0.05, 0.1) is 13.1 Å². The van der Waals surface area contributed by atoms with Gasteiger partial charge in [0, 0.05) is 44.6 Å². The van der Waals surface area contributed by atoms with Crippen LogP contribution in [0.3, 0.4) is 0 Å². The monoisotopic (exact) mass is 341 g/mol. The minimum atomic E-state index is 0.0852. The molecule has 1 saturated heterocycles. The van der Waals surface area contributed by atoms with Crippen LogP contribution in [0.2, 0.25) is 0 Å². The van der Waals surface area contributed by atoms with Crippen LogP contribution in [0.15, 0.2) is 48.8 Å². The number of amides is 1. The lowest BCUT2D eigenvalue weighted by molar-refractivity contribution is -0.121. The van der Waals surface area contributed by atoms with Crippen molar-refractivity contribution < 1.29 is 4.79 Å². The van der Waals surface area contributed by atoms with Gasteiger partial charge in [0.15, 0.2) is 0 Å². The highest BCUT2D eigenvalue weighted by atomic mass is 16.2. The summed E-state index contributed by atoms with van der Waals surface area (Å²) in [5.41, 5.74) is 1.35. The van der Waals surface area contributed by atoms with Gasteiger partial charge in [-0.1, -0.05) is 30.3 Å². The van der Waals surface area contributed by atoms with Crippen molar-refractivity contribution in [1.82, 2.24) is 25.3 Å². The Bertz CT molecular complexity index is 621. The molecular weight excluding hydrogens is 314 g/mol. The minimum absolute atomic E-state index is 0.0852. The zero-order chi connectivity index (χ0) is 17.3. The molecule has 1 aromatic heterocycles. The smallest absolute Gasteiger partial charge is 0.234 e. The molecule has 1 aliphatic rings. The normalized spacial score (nSPS) is 16.0.